The Balaban J connectivity index is 4.46. The number of carbonyl (C=O) groups excluding carboxylic acids is 1. The Morgan fingerprint density at radius 1 is 0.744 bits per heavy atom. The molecule has 0 fully saturated rings. The second-order valence-electron chi connectivity index (χ2n) is 11.4. The van der Waals surface area contributed by atoms with Crippen LogP contribution in [0.4, 0.5) is 0 Å². The van der Waals surface area contributed by atoms with Crippen LogP contribution in [-0.2, 0) is 18.4 Å². The number of carbonyl (C=O) groups is 1. The number of nitrogens with two attached hydrogens (primary N) is 1. The van der Waals surface area contributed by atoms with E-state index in [0.29, 0.717) is 6.42 Å². The molecule has 8 nitrogen and oxygen atoms in total. The minimum absolute atomic E-state index is 0.0720. The average Bonchev–Trinajstić information content (AvgIpc) is 2.99. The van der Waals surface area contributed by atoms with Crippen LogP contribution in [-0.4, -0.2) is 47.8 Å². The number of allylic oxidation sites excluding steroid dienone is 5. The molecule has 0 spiro atoms. The van der Waals surface area contributed by atoms with Gasteiger partial charge in [-0.3, -0.25) is 13.8 Å². The van der Waals surface area contributed by atoms with Crippen molar-refractivity contribution in [3.8, 4) is 0 Å². The fraction of sp³-hybridized carbons (Fsp3) is 0.794. The van der Waals surface area contributed by atoms with Crippen LogP contribution in [0.15, 0.2) is 36.5 Å². The van der Waals surface area contributed by atoms with E-state index in [0.717, 1.165) is 64.2 Å². The fourth-order valence-electron chi connectivity index (χ4n) is 4.56. The monoisotopic (exact) mass is 628 g/mol. The molecule has 3 atom stereocenters. The summed E-state index contributed by atoms with van der Waals surface area (Å²) in [6, 6.07) is -0.877. The smallest absolute Gasteiger partial charge is 0.387 e. The summed E-state index contributed by atoms with van der Waals surface area (Å²) in [6.07, 6.45) is 33.4. The summed E-state index contributed by atoms with van der Waals surface area (Å²) < 4.78 is 21.9. The summed E-state index contributed by atoms with van der Waals surface area (Å²) in [4.78, 5) is 22.4. The Hall–Kier alpha value is -1.28. The first-order chi connectivity index (χ1) is 20.9. The highest BCUT2D eigenvalue weighted by molar-refractivity contribution is 7.47. The van der Waals surface area contributed by atoms with Gasteiger partial charge in [0.25, 0.3) is 0 Å². The van der Waals surface area contributed by atoms with Crippen molar-refractivity contribution in [1.82, 2.24) is 5.32 Å². The van der Waals surface area contributed by atoms with Gasteiger partial charge in [-0.15, -0.1) is 0 Å². The number of hydrogen-bond donors (Lipinski definition) is 4. The summed E-state index contributed by atoms with van der Waals surface area (Å²) in [6.45, 7) is 4.00. The van der Waals surface area contributed by atoms with Crippen molar-refractivity contribution < 1.29 is 28.4 Å². The number of unbranched alkanes of at least 4 members (excludes halogenated alkanes) is 15. The lowest BCUT2D eigenvalue weighted by Crippen LogP contribution is -2.45. The quantitative estimate of drug-likeness (QED) is 0.0344. The predicted octanol–water partition coefficient (Wildman–Crippen LogP) is 8.43. The third-order valence-corrected chi connectivity index (χ3v) is 8.15. The molecule has 0 aromatic rings. The molecule has 9 heteroatoms. The molecule has 0 rings (SSSR count). The Morgan fingerprint density at radius 3 is 1.88 bits per heavy atom. The Bertz CT molecular complexity index is 774. The zero-order chi connectivity index (χ0) is 31.9. The molecular weight excluding hydrogens is 563 g/mol. The van der Waals surface area contributed by atoms with Gasteiger partial charge < -0.3 is 21.1 Å². The summed E-state index contributed by atoms with van der Waals surface area (Å²) in [5.74, 6) is -0.219. The summed E-state index contributed by atoms with van der Waals surface area (Å²) >= 11 is 0. The molecule has 0 saturated carbocycles. The van der Waals surface area contributed by atoms with Gasteiger partial charge in [0.15, 0.2) is 0 Å². The van der Waals surface area contributed by atoms with Crippen LogP contribution in [0.1, 0.15) is 142 Å². The first kappa shape index (κ1) is 41.7. The molecule has 0 aliphatic carbocycles. The number of hydrogen-bond acceptors (Lipinski definition) is 6. The molecule has 3 unspecified atom stereocenters. The first-order valence-corrected chi connectivity index (χ1v) is 18.6. The maximum Gasteiger partial charge on any atom is 0.472 e. The van der Waals surface area contributed by atoms with E-state index in [2.05, 4.69) is 43.5 Å². The van der Waals surface area contributed by atoms with Gasteiger partial charge in [-0.25, -0.2) is 4.57 Å². The molecule has 0 saturated heterocycles. The Kier molecular flexibility index (Phi) is 29.8. The molecule has 0 heterocycles. The van der Waals surface area contributed by atoms with Gasteiger partial charge in [0.05, 0.1) is 25.4 Å². The van der Waals surface area contributed by atoms with Crippen LogP contribution in [0.2, 0.25) is 0 Å². The number of aliphatic hydroxyl groups is 1. The maximum absolute atomic E-state index is 12.6. The molecule has 0 bridgehead atoms. The summed E-state index contributed by atoms with van der Waals surface area (Å²) in [5, 5.41) is 13.5. The number of phosphoric acid groups is 1. The third-order valence-electron chi connectivity index (χ3n) is 7.17. The SMILES string of the molecule is CCC/C=C\CCCCCCCC(=O)NC(COP(=O)(O)OCCN)C(O)/C=C/CC/C=C/CCCCCCCCCC. The first-order valence-electron chi connectivity index (χ1n) is 17.1. The lowest BCUT2D eigenvalue weighted by molar-refractivity contribution is -0.123. The molecule has 0 aromatic carbocycles. The van der Waals surface area contributed by atoms with Gasteiger partial charge in [-0.1, -0.05) is 121 Å². The number of nitrogens with one attached hydrogen (secondary N) is 1. The standard InChI is InChI=1S/C34H65N2O6P/c1-3-5-7-9-11-13-15-16-17-18-19-21-23-25-27-33(37)32(31-42-43(39,40)41-30-29-35)36-34(38)28-26-24-22-20-14-12-10-8-6-4-2/h8,10,18-19,25,27,32-33,37H,3-7,9,11-17,20-24,26,28-31,35H2,1-2H3,(H,36,38)(H,39,40)/b10-8-,19-18+,27-25+. The fourth-order valence-corrected chi connectivity index (χ4v) is 5.32. The van der Waals surface area contributed by atoms with E-state index < -0.39 is 20.0 Å². The van der Waals surface area contributed by atoms with Crippen LogP contribution < -0.4 is 11.1 Å². The van der Waals surface area contributed by atoms with E-state index in [1.165, 1.54) is 57.8 Å². The highest BCUT2D eigenvalue weighted by Crippen LogP contribution is 2.43. The number of rotatable bonds is 31. The minimum Gasteiger partial charge on any atom is -0.387 e. The van der Waals surface area contributed by atoms with Gasteiger partial charge >= 0.3 is 7.82 Å². The van der Waals surface area contributed by atoms with Crippen LogP contribution in [0.3, 0.4) is 0 Å². The minimum atomic E-state index is -4.33. The highest BCUT2D eigenvalue weighted by atomic mass is 31.2. The molecule has 43 heavy (non-hydrogen) atoms. The zero-order valence-electron chi connectivity index (χ0n) is 27.4. The van der Waals surface area contributed by atoms with Gasteiger partial charge in [0.2, 0.25) is 5.91 Å². The number of phosphoric ester groups is 1. The lowest BCUT2D eigenvalue weighted by Gasteiger charge is -2.23. The third kappa shape index (κ3) is 29.2. The van der Waals surface area contributed by atoms with E-state index in [9.17, 15) is 19.4 Å². The van der Waals surface area contributed by atoms with E-state index in [4.69, 9.17) is 14.8 Å². The van der Waals surface area contributed by atoms with Crippen LogP contribution in [0.5, 0.6) is 0 Å². The zero-order valence-corrected chi connectivity index (χ0v) is 28.3. The van der Waals surface area contributed by atoms with Crippen LogP contribution >= 0.6 is 7.82 Å². The van der Waals surface area contributed by atoms with E-state index in [1.807, 2.05) is 6.08 Å². The molecule has 0 aliphatic rings. The number of aliphatic hydroxyl groups excluding tert-OH is 1. The molecule has 5 N–H and O–H groups in total. The van der Waals surface area contributed by atoms with Crippen molar-refractivity contribution in [3.05, 3.63) is 36.5 Å². The molecule has 0 aliphatic heterocycles. The maximum atomic E-state index is 12.6. The summed E-state index contributed by atoms with van der Waals surface area (Å²) in [7, 11) is -4.33. The van der Waals surface area contributed by atoms with Crippen LogP contribution in [0.25, 0.3) is 0 Å². The second-order valence-corrected chi connectivity index (χ2v) is 12.8. The summed E-state index contributed by atoms with van der Waals surface area (Å²) in [5.41, 5.74) is 5.33. The highest BCUT2D eigenvalue weighted by Gasteiger charge is 2.26. The Labute approximate surface area is 263 Å². The lowest BCUT2D eigenvalue weighted by atomic mass is 10.1. The van der Waals surface area contributed by atoms with Gasteiger partial charge in [0.1, 0.15) is 0 Å². The van der Waals surface area contributed by atoms with E-state index in [1.54, 1.807) is 6.08 Å². The van der Waals surface area contributed by atoms with Gasteiger partial charge in [0, 0.05) is 13.0 Å². The largest absolute Gasteiger partial charge is 0.472 e. The van der Waals surface area contributed by atoms with Crippen molar-refractivity contribution >= 4 is 13.7 Å². The van der Waals surface area contributed by atoms with Crippen molar-refractivity contribution in [2.45, 2.75) is 154 Å². The molecular formula is C34H65N2O6P. The molecule has 0 radical (unpaired) electrons. The number of amides is 1. The van der Waals surface area contributed by atoms with E-state index in [-0.39, 0.29) is 25.7 Å². The average molecular weight is 629 g/mol. The van der Waals surface area contributed by atoms with Gasteiger partial charge in [-0.2, -0.15) is 0 Å². The van der Waals surface area contributed by atoms with Crippen molar-refractivity contribution in [2.75, 3.05) is 19.8 Å². The molecule has 252 valence electrons. The second kappa shape index (κ2) is 30.7. The van der Waals surface area contributed by atoms with Crippen molar-refractivity contribution in [1.29, 1.82) is 0 Å². The van der Waals surface area contributed by atoms with Gasteiger partial charge in [-0.05, 0) is 51.4 Å². The molecule has 0 aromatic heterocycles. The predicted molar refractivity (Wildman–Crippen MR) is 180 cm³/mol. The Morgan fingerprint density at radius 2 is 1.28 bits per heavy atom. The van der Waals surface area contributed by atoms with Crippen molar-refractivity contribution in [2.24, 2.45) is 5.73 Å². The molecule has 1 amide bonds. The van der Waals surface area contributed by atoms with E-state index >= 15 is 0 Å². The normalized spacial score (nSPS) is 15.0. The van der Waals surface area contributed by atoms with Crippen molar-refractivity contribution in [3.63, 3.8) is 0 Å². The topological polar surface area (TPSA) is 131 Å². The van der Waals surface area contributed by atoms with Crippen LogP contribution in [0, 0.1) is 0 Å².